The third-order valence-electron chi connectivity index (χ3n) is 3.63. The first-order valence-corrected chi connectivity index (χ1v) is 7.84. The Hall–Kier alpha value is -0.870. The molecule has 0 aliphatic heterocycles. The number of hydrogen-bond donors (Lipinski definition) is 2. The number of hydrogen-bond acceptors (Lipinski definition) is 3. The van der Waals surface area contributed by atoms with Gasteiger partial charge in [-0.2, -0.15) is 0 Å². The summed E-state index contributed by atoms with van der Waals surface area (Å²) in [6.07, 6.45) is 6.01. The molecule has 1 aromatic rings. The Morgan fingerprint density at radius 2 is 2.11 bits per heavy atom. The van der Waals surface area contributed by atoms with E-state index in [2.05, 4.69) is 11.4 Å². The number of aliphatic hydroxyl groups excluding tert-OH is 1. The summed E-state index contributed by atoms with van der Waals surface area (Å²) in [4.78, 5) is 14.3. The average Bonchev–Trinajstić information content (AvgIpc) is 2.68. The summed E-state index contributed by atoms with van der Waals surface area (Å²) in [6, 6.07) is 2.06. The van der Waals surface area contributed by atoms with Crippen LogP contribution < -0.4 is 5.32 Å². The molecule has 19 heavy (non-hydrogen) atoms. The molecule has 1 aromatic heterocycles. The quantitative estimate of drug-likeness (QED) is 0.834. The zero-order valence-corrected chi connectivity index (χ0v) is 12.6. The fourth-order valence-corrected chi connectivity index (χ4v) is 3.41. The lowest BCUT2D eigenvalue weighted by Gasteiger charge is -2.21. The number of nitrogens with one attached hydrogen (secondary N) is 1. The van der Waals surface area contributed by atoms with Gasteiger partial charge in [0.1, 0.15) is 0 Å². The van der Waals surface area contributed by atoms with Gasteiger partial charge >= 0.3 is 0 Å². The number of rotatable bonds is 4. The van der Waals surface area contributed by atoms with E-state index in [9.17, 15) is 9.90 Å². The molecule has 1 aliphatic carbocycles. The number of carbonyl (C=O) groups is 1. The van der Waals surface area contributed by atoms with Crippen LogP contribution in [0.3, 0.4) is 0 Å². The highest BCUT2D eigenvalue weighted by atomic mass is 32.1. The molecule has 0 radical (unpaired) electrons. The highest BCUT2D eigenvalue weighted by Gasteiger charge is 2.20. The molecule has 3 nitrogen and oxygen atoms in total. The fourth-order valence-electron chi connectivity index (χ4n) is 2.24. The third kappa shape index (κ3) is 3.80. The normalized spacial score (nSPS) is 15.7. The summed E-state index contributed by atoms with van der Waals surface area (Å²) in [5.74, 6) is -0.000372. The van der Waals surface area contributed by atoms with Crippen molar-refractivity contribution in [3.63, 3.8) is 0 Å². The van der Waals surface area contributed by atoms with Gasteiger partial charge in [0.05, 0.1) is 4.88 Å². The van der Waals surface area contributed by atoms with Crippen molar-refractivity contribution >= 4 is 17.2 Å². The third-order valence-corrected chi connectivity index (χ3v) is 4.86. The van der Waals surface area contributed by atoms with E-state index in [1.807, 2.05) is 13.8 Å². The van der Waals surface area contributed by atoms with E-state index in [1.165, 1.54) is 29.7 Å². The minimum atomic E-state index is -0.260. The molecule has 4 heteroatoms. The van der Waals surface area contributed by atoms with Gasteiger partial charge in [-0.3, -0.25) is 4.79 Å². The lowest BCUT2D eigenvalue weighted by molar-refractivity contribution is 0.0915. The first-order valence-electron chi connectivity index (χ1n) is 7.02. The first kappa shape index (κ1) is 14.5. The predicted octanol–water partition coefficient (Wildman–Crippen LogP) is 2.77. The van der Waals surface area contributed by atoms with E-state index < -0.39 is 0 Å². The highest BCUT2D eigenvalue weighted by molar-refractivity contribution is 7.14. The standard InChI is InChI=1S/C15H23NO2S/c1-15(2,10-17)9-16-14(18)13-8-11-6-4-3-5-7-12(11)19-13/h8,17H,3-7,9-10H2,1-2H3,(H,16,18). The summed E-state index contributed by atoms with van der Waals surface area (Å²) in [6.45, 7) is 4.47. The molecule has 0 unspecified atom stereocenters. The summed E-state index contributed by atoms with van der Waals surface area (Å²) in [7, 11) is 0. The van der Waals surface area contributed by atoms with E-state index in [4.69, 9.17) is 0 Å². The van der Waals surface area contributed by atoms with Crippen molar-refractivity contribution in [3.8, 4) is 0 Å². The van der Waals surface area contributed by atoms with E-state index >= 15 is 0 Å². The van der Waals surface area contributed by atoms with Crippen molar-refractivity contribution in [2.24, 2.45) is 5.41 Å². The summed E-state index contributed by atoms with van der Waals surface area (Å²) >= 11 is 1.64. The molecule has 0 aromatic carbocycles. The zero-order valence-electron chi connectivity index (χ0n) is 11.8. The SMILES string of the molecule is CC(C)(CO)CNC(=O)c1cc2c(s1)CCCCC2. The van der Waals surface area contributed by atoms with Gasteiger partial charge in [-0.15, -0.1) is 11.3 Å². The van der Waals surface area contributed by atoms with Gasteiger partial charge in [0, 0.05) is 23.4 Å². The Bertz CT molecular complexity index is 427. The molecule has 1 amide bonds. The van der Waals surface area contributed by atoms with Crippen LogP contribution in [0.1, 0.15) is 53.2 Å². The second kappa shape index (κ2) is 6.06. The Labute approximate surface area is 119 Å². The Morgan fingerprint density at radius 1 is 1.37 bits per heavy atom. The number of carbonyl (C=O) groups excluding carboxylic acids is 1. The van der Waals surface area contributed by atoms with E-state index in [-0.39, 0.29) is 17.9 Å². The molecular formula is C15H23NO2S. The molecular weight excluding hydrogens is 258 g/mol. The van der Waals surface area contributed by atoms with Crippen molar-refractivity contribution in [1.29, 1.82) is 0 Å². The van der Waals surface area contributed by atoms with Crippen LogP contribution in [0.5, 0.6) is 0 Å². The van der Waals surface area contributed by atoms with Crippen molar-refractivity contribution < 1.29 is 9.90 Å². The van der Waals surface area contributed by atoms with Crippen LogP contribution in [0.25, 0.3) is 0 Å². The van der Waals surface area contributed by atoms with Crippen LogP contribution in [-0.2, 0) is 12.8 Å². The maximum Gasteiger partial charge on any atom is 0.261 e. The topological polar surface area (TPSA) is 49.3 Å². The van der Waals surface area contributed by atoms with Gasteiger partial charge in [0.25, 0.3) is 5.91 Å². The van der Waals surface area contributed by atoms with Gasteiger partial charge in [-0.25, -0.2) is 0 Å². The lowest BCUT2D eigenvalue weighted by Crippen LogP contribution is -2.35. The maximum atomic E-state index is 12.1. The van der Waals surface area contributed by atoms with Crippen molar-refractivity contribution in [2.45, 2.75) is 46.0 Å². The minimum Gasteiger partial charge on any atom is -0.396 e. The van der Waals surface area contributed by atoms with Gasteiger partial charge in [-0.05, 0) is 37.3 Å². The fraction of sp³-hybridized carbons (Fsp3) is 0.667. The first-order chi connectivity index (χ1) is 9.02. The minimum absolute atomic E-state index is 0.000372. The van der Waals surface area contributed by atoms with Gasteiger partial charge in [0.2, 0.25) is 0 Å². The number of aliphatic hydroxyl groups is 1. The summed E-state index contributed by atoms with van der Waals surface area (Å²) in [5.41, 5.74) is 1.11. The average molecular weight is 281 g/mol. The Balaban J connectivity index is 2.00. The van der Waals surface area contributed by atoms with Crippen molar-refractivity contribution in [3.05, 3.63) is 21.4 Å². The zero-order chi connectivity index (χ0) is 13.9. The lowest BCUT2D eigenvalue weighted by atomic mass is 9.95. The molecule has 1 heterocycles. The van der Waals surface area contributed by atoms with Crippen LogP contribution in [-0.4, -0.2) is 24.2 Å². The number of thiophene rings is 1. The van der Waals surface area contributed by atoms with Crippen LogP contribution in [0.4, 0.5) is 0 Å². The molecule has 0 saturated heterocycles. The smallest absolute Gasteiger partial charge is 0.261 e. The molecule has 1 aliphatic rings. The largest absolute Gasteiger partial charge is 0.396 e. The molecule has 0 fully saturated rings. The van der Waals surface area contributed by atoms with Crippen LogP contribution >= 0.6 is 11.3 Å². The van der Waals surface area contributed by atoms with Crippen LogP contribution in [0.2, 0.25) is 0 Å². The van der Waals surface area contributed by atoms with E-state index in [0.29, 0.717) is 6.54 Å². The van der Waals surface area contributed by atoms with E-state index in [1.54, 1.807) is 11.3 Å². The van der Waals surface area contributed by atoms with Crippen molar-refractivity contribution in [1.82, 2.24) is 5.32 Å². The monoisotopic (exact) mass is 281 g/mol. The summed E-state index contributed by atoms with van der Waals surface area (Å²) in [5, 5.41) is 12.1. The highest BCUT2D eigenvalue weighted by Crippen LogP contribution is 2.29. The molecule has 2 rings (SSSR count). The second-order valence-electron chi connectivity index (χ2n) is 6.12. The van der Waals surface area contributed by atoms with Crippen molar-refractivity contribution in [2.75, 3.05) is 13.2 Å². The molecule has 0 spiro atoms. The molecule has 106 valence electrons. The molecule has 0 atom stereocenters. The predicted molar refractivity (Wildman–Crippen MR) is 78.8 cm³/mol. The Kier molecular flexibility index (Phi) is 4.63. The maximum absolute atomic E-state index is 12.1. The van der Waals surface area contributed by atoms with Gasteiger partial charge in [-0.1, -0.05) is 20.3 Å². The molecule has 0 bridgehead atoms. The van der Waals surface area contributed by atoms with Crippen LogP contribution in [0.15, 0.2) is 6.07 Å². The van der Waals surface area contributed by atoms with E-state index in [0.717, 1.165) is 17.7 Å². The second-order valence-corrected chi connectivity index (χ2v) is 7.26. The molecule has 2 N–H and O–H groups in total. The Morgan fingerprint density at radius 3 is 2.84 bits per heavy atom. The van der Waals surface area contributed by atoms with Crippen LogP contribution in [0, 0.1) is 5.41 Å². The number of amides is 1. The number of fused-ring (bicyclic) bond motifs is 1. The summed E-state index contributed by atoms with van der Waals surface area (Å²) < 4.78 is 0. The van der Waals surface area contributed by atoms with Gasteiger partial charge < -0.3 is 10.4 Å². The molecule has 0 saturated carbocycles. The van der Waals surface area contributed by atoms with Gasteiger partial charge in [0.15, 0.2) is 0 Å². The number of aryl methyl sites for hydroxylation is 2.